The molecule has 122 valence electrons. The highest BCUT2D eigenvalue weighted by molar-refractivity contribution is 7.89. The second-order valence-electron chi connectivity index (χ2n) is 5.17. The molecule has 23 heavy (non-hydrogen) atoms. The molecule has 1 aromatic carbocycles. The van der Waals surface area contributed by atoms with Crippen LogP contribution in [0.15, 0.2) is 41.6 Å². The van der Waals surface area contributed by atoms with Crippen molar-refractivity contribution in [2.75, 3.05) is 20.2 Å². The van der Waals surface area contributed by atoms with Gasteiger partial charge in [-0.05, 0) is 30.7 Å². The largest absolute Gasteiger partial charge is 0.465 e. The molecule has 0 spiro atoms. The van der Waals surface area contributed by atoms with Crippen LogP contribution in [0.1, 0.15) is 22.8 Å². The highest BCUT2D eigenvalue weighted by Gasteiger charge is 2.34. The van der Waals surface area contributed by atoms with Gasteiger partial charge < -0.3 is 4.74 Å². The van der Waals surface area contributed by atoms with Crippen molar-refractivity contribution in [1.82, 2.24) is 19.3 Å². The van der Waals surface area contributed by atoms with Crippen molar-refractivity contribution < 1.29 is 17.9 Å². The van der Waals surface area contributed by atoms with Gasteiger partial charge in [-0.1, -0.05) is 0 Å². The smallest absolute Gasteiger partial charge is 0.337 e. The second-order valence-corrected chi connectivity index (χ2v) is 7.11. The number of nitrogens with zero attached hydrogens (tertiary/aromatic N) is 4. The number of sulfonamides is 1. The Labute approximate surface area is 133 Å². The number of ether oxygens (including phenoxy) is 1. The van der Waals surface area contributed by atoms with Gasteiger partial charge in [-0.25, -0.2) is 13.2 Å². The van der Waals surface area contributed by atoms with Gasteiger partial charge in [0.15, 0.2) is 0 Å². The Balaban J connectivity index is 1.78. The standard InChI is InChI=1S/C14H16N4O4S/c1-22-14(19)11-2-4-13(5-3-11)23(20,21)17-9-6-12(10-17)18-15-7-8-16-18/h2-5,7-8,12H,6,9-10H2,1H3. The molecule has 1 fully saturated rings. The fraction of sp³-hybridized carbons (Fsp3) is 0.357. The molecule has 1 unspecified atom stereocenters. The maximum absolute atomic E-state index is 12.7. The lowest BCUT2D eigenvalue weighted by atomic mass is 10.2. The molecular weight excluding hydrogens is 320 g/mol. The highest BCUT2D eigenvalue weighted by Crippen LogP contribution is 2.26. The molecule has 3 rings (SSSR count). The minimum atomic E-state index is -3.60. The van der Waals surface area contributed by atoms with Crippen LogP contribution < -0.4 is 0 Å². The third-order valence-corrected chi connectivity index (χ3v) is 5.68. The quantitative estimate of drug-likeness (QED) is 0.763. The minimum Gasteiger partial charge on any atom is -0.465 e. The highest BCUT2D eigenvalue weighted by atomic mass is 32.2. The first-order chi connectivity index (χ1) is 11.0. The summed E-state index contributed by atoms with van der Waals surface area (Å²) in [7, 11) is -2.32. The van der Waals surface area contributed by atoms with Crippen LogP contribution in [0.5, 0.6) is 0 Å². The molecule has 9 heteroatoms. The van der Waals surface area contributed by atoms with Crippen LogP contribution in [0.3, 0.4) is 0 Å². The maximum Gasteiger partial charge on any atom is 0.337 e. The summed E-state index contributed by atoms with van der Waals surface area (Å²) in [6.45, 7) is 0.739. The topological polar surface area (TPSA) is 94.4 Å². The number of aromatic nitrogens is 3. The van der Waals surface area contributed by atoms with E-state index >= 15 is 0 Å². The van der Waals surface area contributed by atoms with E-state index < -0.39 is 16.0 Å². The Hall–Kier alpha value is -2.26. The Morgan fingerprint density at radius 3 is 2.48 bits per heavy atom. The zero-order valence-corrected chi connectivity index (χ0v) is 13.3. The van der Waals surface area contributed by atoms with Crippen molar-refractivity contribution in [2.24, 2.45) is 0 Å². The number of esters is 1. The summed E-state index contributed by atoms with van der Waals surface area (Å²) >= 11 is 0. The molecule has 0 N–H and O–H groups in total. The van der Waals surface area contributed by atoms with E-state index in [0.29, 0.717) is 25.1 Å². The Morgan fingerprint density at radius 2 is 1.87 bits per heavy atom. The summed E-state index contributed by atoms with van der Waals surface area (Å²) in [6.07, 6.45) is 3.81. The molecule has 0 aliphatic carbocycles. The van der Waals surface area contributed by atoms with E-state index in [2.05, 4.69) is 14.9 Å². The molecule has 0 bridgehead atoms. The van der Waals surface area contributed by atoms with Gasteiger partial charge in [0, 0.05) is 13.1 Å². The first-order valence-corrected chi connectivity index (χ1v) is 8.50. The first-order valence-electron chi connectivity index (χ1n) is 7.06. The van der Waals surface area contributed by atoms with Crippen molar-refractivity contribution in [1.29, 1.82) is 0 Å². The van der Waals surface area contributed by atoms with E-state index in [1.54, 1.807) is 12.4 Å². The van der Waals surface area contributed by atoms with E-state index in [9.17, 15) is 13.2 Å². The van der Waals surface area contributed by atoms with Gasteiger partial charge in [-0.3, -0.25) is 0 Å². The fourth-order valence-electron chi connectivity index (χ4n) is 2.56. The van der Waals surface area contributed by atoms with Crippen LogP contribution in [0.2, 0.25) is 0 Å². The van der Waals surface area contributed by atoms with Gasteiger partial charge in [-0.15, -0.1) is 0 Å². The maximum atomic E-state index is 12.7. The summed E-state index contributed by atoms with van der Waals surface area (Å²) in [5, 5.41) is 8.12. The molecule has 0 amide bonds. The van der Waals surface area contributed by atoms with Crippen LogP contribution in [-0.4, -0.2) is 53.9 Å². The van der Waals surface area contributed by atoms with Crippen molar-refractivity contribution in [2.45, 2.75) is 17.4 Å². The third-order valence-electron chi connectivity index (χ3n) is 3.80. The van der Waals surface area contributed by atoms with E-state index in [4.69, 9.17) is 0 Å². The normalized spacial score (nSPS) is 18.9. The number of methoxy groups -OCH3 is 1. The van der Waals surface area contributed by atoms with Crippen molar-refractivity contribution in [3.8, 4) is 0 Å². The number of carbonyl (C=O) groups is 1. The Morgan fingerprint density at radius 1 is 1.22 bits per heavy atom. The molecule has 2 aromatic rings. The summed E-state index contributed by atoms with van der Waals surface area (Å²) in [5.41, 5.74) is 0.312. The molecule has 2 heterocycles. The number of hydrogen-bond acceptors (Lipinski definition) is 6. The van der Waals surface area contributed by atoms with Crippen molar-refractivity contribution in [3.63, 3.8) is 0 Å². The molecule has 1 atom stereocenters. The van der Waals surface area contributed by atoms with Crippen LogP contribution in [0, 0.1) is 0 Å². The molecular formula is C14H16N4O4S. The summed E-state index contributed by atoms with van der Waals surface area (Å²) in [4.78, 5) is 13.1. The Bertz CT molecular complexity index is 787. The first kappa shape index (κ1) is 15.6. The van der Waals surface area contributed by atoms with E-state index in [0.717, 1.165) is 0 Å². The predicted molar refractivity (Wildman–Crippen MR) is 80.2 cm³/mol. The van der Waals surface area contributed by atoms with Gasteiger partial charge in [0.1, 0.15) is 0 Å². The number of benzene rings is 1. The molecule has 1 aliphatic rings. The van der Waals surface area contributed by atoms with Gasteiger partial charge in [0.2, 0.25) is 10.0 Å². The SMILES string of the molecule is COC(=O)c1ccc(S(=O)(=O)N2CCC(n3nccn3)C2)cc1. The van der Waals surface area contributed by atoms with E-state index in [1.807, 2.05) is 0 Å². The Kier molecular flexibility index (Phi) is 4.14. The molecule has 0 radical (unpaired) electrons. The fourth-order valence-corrected chi connectivity index (χ4v) is 4.05. The minimum absolute atomic E-state index is 0.0610. The summed E-state index contributed by atoms with van der Waals surface area (Å²) in [6, 6.07) is 5.67. The van der Waals surface area contributed by atoms with Crippen LogP contribution in [-0.2, 0) is 14.8 Å². The lowest BCUT2D eigenvalue weighted by Gasteiger charge is -2.16. The average molecular weight is 336 g/mol. The zero-order valence-electron chi connectivity index (χ0n) is 12.5. The number of hydrogen-bond donors (Lipinski definition) is 0. The molecule has 1 saturated heterocycles. The summed E-state index contributed by atoms with van der Waals surface area (Å²) < 4.78 is 31.3. The zero-order chi connectivity index (χ0) is 16.4. The molecule has 0 saturated carbocycles. The average Bonchev–Trinajstić information content (AvgIpc) is 3.25. The molecule has 1 aromatic heterocycles. The van der Waals surface area contributed by atoms with Crippen molar-refractivity contribution in [3.05, 3.63) is 42.2 Å². The van der Waals surface area contributed by atoms with Gasteiger partial charge in [0.25, 0.3) is 0 Å². The van der Waals surface area contributed by atoms with Gasteiger partial charge in [0.05, 0.1) is 36.0 Å². The molecule has 8 nitrogen and oxygen atoms in total. The lowest BCUT2D eigenvalue weighted by molar-refractivity contribution is 0.0600. The third kappa shape index (κ3) is 2.97. The van der Waals surface area contributed by atoms with Gasteiger partial charge in [-0.2, -0.15) is 19.3 Å². The number of rotatable bonds is 4. The second kappa shape index (κ2) is 6.09. The number of carbonyl (C=O) groups excluding carboxylic acids is 1. The van der Waals surface area contributed by atoms with Crippen LogP contribution >= 0.6 is 0 Å². The van der Waals surface area contributed by atoms with E-state index in [-0.39, 0.29) is 10.9 Å². The van der Waals surface area contributed by atoms with Crippen LogP contribution in [0.25, 0.3) is 0 Å². The monoisotopic (exact) mass is 336 g/mol. The van der Waals surface area contributed by atoms with Crippen molar-refractivity contribution >= 4 is 16.0 Å². The lowest BCUT2D eigenvalue weighted by Crippen LogP contribution is -2.29. The molecule has 1 aliphatic heterocycles. The van der Waals surface area contributed by atoms with Crippen LogP contribution in [0.4, 0.5) is 0 Å². The van der Waals surface area contributed by atoms with E-state index in [1.165, 1.54) is 40.5 Å². The summed E-state index contributed by atoms with van der Waals surface area (Å²) in [5.74, 6) is -0.500. The van der Waals surface area contributed by atoms with Gasteiger partial charge >= 0.3 is 5.97 Å². The predicted octanol–water partition coefficient (Wildman–Crippen LogP) is 0.700.